The molecule has 2 aromatic rings. The van der Waals surface area contributed by atoms with Crippen LogP contribution in [0.2, 0.25) is 0 Å². The van der Waals surface area contributed by atoms with Crippen molar-refractivity contribution in [3.05, 3.63) is 41.5 Å². The standard InChI is InChI=1S/C22H24O7/c1-24-17-5-4-13(8-18(17)25-2)7-16-15(11-27-22(16)23)6-14-9-19(26-3)21-20(10-14)28-12-29-21/h4-5,8-10,15-16H,6-7,11-12H2,1-3H3. The van der Waals surface area contributed by atoms with E-state index in [2.05, 4.69) is 0 Å². The molecule has 0 amide bonds. The molecule has 0 bridgehead atoms. The third kappa shape index (κ3) is 3.77. The van der Waals surface area contributed by atoms with Gasteiger partial charge in [0, 0.05) is 5.92 Å². The van der Waals surface area contributed by atoms with E-state index in [0.29, 0.717) is 48.2 Å². The summed E-state index contributed by atoms with van der Waals surface area (Å²) in [6.45, 7) is 0.579. The number of hydrogen-bond donors (Lipinski definition) is 0. The number of ether oxygens (including phenoxy) is 6. The van der Waals surface area contributed by atoms with Gasteiger partial charge in [0.25, 0.3) is 0 Å². The lowest BCUT2D eigenvalue weighted by atomic mass is 9.85. The van der Waals surface area contributed by atoms with Crippen molar-refractivity contribution in [1.29, 1.82) is 0 Å². The van der Waals surface area contributed by atoms with Crippen LogP contribution in [0, 0.1) is 11.8 Å². The summed E-state index contributed by atoms with van der Waals surface area (Å²) in [6.07, 6.45) is 1.25. The summed E-state index contributed by atoms with van der Waals surface area (Å²) in [6, 6.07) is 9.59. The van der Waals surface area contributed by atoms with Crippen LogP contribution in [0.1, 0.15) is 11.1 Å². The highest BCUT2D eigenvalue weighted by Gasteiger charge is 2.37. The lowest BCUT2D eigenvalue weighted by molar-refractivity contribution is -0.141. The Labute approximate surface area is 169 Å². The Kier molecular flexibility index (Phi) is 5.38. The van der Waals surface area contributed by atoms with Crippen LogP contribution in [0.15, 0.2) is 30.3 Å². The van der Waals surface area contributed by atoms with Crippen molar-refractivity contribution in [2.75, 3.05) is 34.7 Å². The summed E-state index contributed by atoms with van der Waals surface area (Å²) in [5, 5.41) is 0. The lowest BCUT2D eigenvalue weighted by Gasteiger charge is -2.17. The summed E-state index contributed by atoms with van der Waals surface area (Å²) >= 11 is 0. The van der Waals surface area contributed by atoms with E-state index in [-0.39, 0.29) is 24.6 Å². The average Bonchev–Trinajstić information content (AvgIpc) is 3.35. The van der Waals surface area contributed by atoms with Gasteiger partial charge in [0.15, 0.2) is 23.0 Å². The Morgan fingerprint density at radius 2 is 1.62 bits per heavy atom. The van der Waals surface area contributed by atoms with Crippen LogP contribution in [0.3, 0.4) is 0 Å². The molecule has 7 heteroatoms. The molecule has 1 fully saturated rings. The second-order valence-electron chi connectivity index (χ2n) is 7.13. The molecule has 154 valence electrons. The Morgan fingerprint density at radius 1 is 0.862 bits per heavy atom. The summed E-state index contributed by atoms with van der Waals surface area (Å²) in [5.74, 6) is 2.89. The van der Waals surface area contributed by atoms with Gasteiger partial charge in [0.1, 0.15) is 0 Å². The van der Waals surface area contributed by atoms with Gasteiger partial charge < -0.3 is 28.4 Å². The molecule has 0 N–H and O–H groups in total. The predicted molar refractivity (Wildman–Crippen MR) is 104 cm³/mol. The Bertz CT molecular complexity index is 908. The number of benzene rings is 2. The summed E-state index contributed by atoms with van der Waals surface area (Å²) in [4.78, 5) is 12.4. The van der Waals surface area contributed by atoms with Crippen LogP contribution in [0.5, 0.6) is 28.7 Å². The zero-order valence-corrected chi connectivity index (χ0v) is 16.7. The number of cyclic esters (lactones) is 1. The first kappa shape index (κ1) is 19.2. The van der Waals surface area contributed by atoms with Crippen molar-refractivity contribution < 1.29 is 33.2 Å². The lowest BCUT2D eigenvalue weighted by Crippen LogP contribution is -2.20. The summed E-state index contributed by atoms with van der Waals surface area (Å²) in [7, 11) is 4.80. The molecule has 0 aliphatic carbocycles. The van der Waals surface area contributed by atoms with Gasteiger partial charge in [-0.05, 0) is 48.2 Å². The van der Waals surface area contributed by atoms with Crippen LogP contribution in [0.4, 0.5) is 0 Å². The predicted octanol–water partition coefficient (Wildman–Crippen LogP) is 3.02. The molecule has 0 saturated carbocycles. The molecule has 2 aliphatic rings. The smallest absolute Gasteiger partial charge is 0.309 e. The van der Waals surface area contributed by atoms with Gasteiger partial charge in [0.05, 0.1) is 33.9 Å². The molecule has 7 nitrogen and oxygen atoms in total. The molecule has 2 unspecified atom stereocenters. The molecule has 0 radical (unpaired) electrons. The third-order valence-corrected chi connectivity index (χ3v) is 5.43. The maximum atomic E-state index is 12.4. The first-order chi connectivity index (χ1) is 14.1. The van der Waals surface area contributed by atoms with Crippen LogP contribution >= 0.6 is 0 Å². The summed E-state index contributed by atoms with van der Waals surface area (Å²) < 4.78 is 32.4. The average molecular weight is 400 g/mol. The van der Waals surface area contributed by atoms with Gasteiger partial charge in [-0.1, -0.05) is 6.07 Å². The van der Waals surface area contributed by atoms with E-state index in [4.69, 9.17) is 28.4 Å². The quantitative estimate of drug-likeness (QED) is 0.662. The van der Waals surface area contributed by atoms with E-state index in [9.17, 15) is 4.79 Å². The topological polar surface area (TPSA) is 72.5 Å². The molecule has 0 spiro atoms. The number of hydrogen-bond acceptors (Lipinski definition) is 7. The molecule has 0 aromatic heterocycles. The van der Waals surface area contributed by atoms with Gasteiger partial charge in [-0.25, -0.2) is 0 Å². The molecular formula is C22H24O7. The largest absolute Gasteiger partial charge is 0.493 e. The molecular weight excluding hydrogens is 376 g/mol. The normalized spacial score (nSPS) is 19.8. The van der Waals surface area contributed by atoms with Gasteiger partial charge in [-0.15, -0.1) is 0 Å². The minimum Gasteiger partial charge on any atom is -0.493 e. The van der Waals surface area contributed by atoms with Gasteiger partial charge in [-0.3, -0.25) is 4.79 Å². The second kappa shape index (κ2) is 8.11. The maximum Gasteiger partial charge on any atom is 0.309 e. The number of rotatable bonds is 7. The van der Waals surface area contributed by atoms with Crippen molar-refractivity contribution in [3.8, 4) is 28.7 Å². The highest BCUT2D eigenvalue weighted by Crippen LogP contribution is 2.43. The van der Waals surface area contributed by atoms with Crippen molar-refractivity contribution in [2.24, 2.45) is 11.8 Å². The fourth-order valence-corrected chi connectivity index (χ4v) is 3.92. The first-order valence-corrected chi connectivity index (χ1v) is 9.47. The minimum atomic E-state index is -0.232. The fourth-order valence-electron chi connectivity index (χ4n) is 3.92. The van der Waals surface area contributed by atoms with E-state index in [1.54, 1.807) is 21.3 Å². The zero-order chi connectivity index (χ0) is 20.4. The molecule has 2 atom stereocenters. The van der Waals surface area contributed by atoms with Gasteiger partial charge in [-0.2, -0.15) is 0 Å². The molecule has 1 saturated heterocycles. The van der Waals surface area contributed by atoms with Crippen molar-refractivity contribution >= 4 is 5.97 Å². The first-order valence-electron chi connectivity index (χ1n) is 9.47. The highest BCUT2D eigenvalue weighted by atomic mass is 16.7. The van der Waals surface area contributed by atoms with E-state index >= 15 is 0 Å². The van der Waals surface area contributed by atoms with Crippen LogP contribution < -0.4 is 23.7 Å². The Morgan fingerprint density at radius 3 is 2.38 bits per heavy atom. The number of fused-ring (bicyclic) bond motifs is 1. The summed E-state index contributed by atoms with van der Waals surface area (Å²) in [5.41, 5.74) is 2.02. The second-order valence-corrected chi connectivity index (χ2v) is 7.13. The van der Waals surface area contributed by atoms with E-state index in [1.807, 2.05) is 30.3 Å². The molecule has 2 heterocycles. The third-order valence-electron chi connectivity index (χ3n) is 5.43. The fraction of sp³-hybridized carbons (Fsp3) is 0.409. The van der Waals surface area contributed by atoms with Crippen molar-refractivity contribution in [3.63, 3.8) is 0 Å². The maximum absolute atomic E-state index is 12.4. The van der Waals surface area contributed by atoms with Crippen LogP contribution in [-0.4, -0.2) is 40.7 Å². The zero-order valence-electron chi connectivity index (χ0n) is 16.7. The van der Waals surface area contributed by atoms with Crippen molar-refractivity contribution in [1.82, 2.24) is 0 Å². The number of methoxy groups -OCH3 is 3. The molecule has 2 aliphatic heterocycles. The minimum absolute atomic E-state index is 0.0562. The van der Waals surface area contributed by atoms with Crippen LogP contribution in [0.25, 0.3) is 0 Å². The van der Waals surface area contributed by atoms with Crippen molar-refractivity contribution in [2.45, 2.75) is 12.8 Å². The molecule has 2 aromatic carbocycles. The SMILES string of the molecule is COc1ccc(CC2C(=O)OCC2Cc2cc(OC)c3c(c2)OCO3)cc1OC. The number of esters is 1. The molecule has 4 rings (SSSR count). The van der Waals surface area contributed by atoms with E-state index < -0.39 is 0 Å². The molecule has 29 heavy (non-hydrogen) atoms. The van der Waals surface area contributed by atoms with E-state index in [0.717, 1.165) is 11.1 Å². The highest BCUT2D eigenvalue weighted by molar-refractivity contribution is 5.75. The Hall–Kier alpha value is -3.09. The Balaban J connectivity index is 1.53. The number of carbonyl (C=O) groups excluding carboxylic acids is 1. The monoisotopic (exact) mass is 400 g/mol. The van der Waals surface area contributed by atoms with Gasteiger partial charge in [0.2, 0.25) is 12.5 Å². The van der Waals surface area contributed by atoms with Gasteiger partial charge >= 0.3 is 5.97 Å². The van der Waals surface area contributed by atoms with E-state index in [1.165, 1.54) is 0 Å². The van der Waals surface area contributed by atoms with Crippen LogP contribution in [-0.2, 0) is 22.4 Å². The number of carbonyl (C=O) groups is 1.